The molecule has 2 atom stereocenters. The van der Waals surface area contributed by atoms with E-state index in [-0.39, 0.29) is 23.8 Å². The Morgan fingerprint density at radius 2 is 2.00 bits per heavy atom. The van der Waals surface area contributed by atoms with Gasteiger partial charge in [0, 0.05) is 25.4 Å². The predicted octanol–water partition coefficient (Wildman–Crippen LogP) is 2.76. The van der Waals surface area contributed by atoms with Gasteiger partial charge in [0.15, 0.2) is 0 Å². The summed E-state index contributed by atoms with van der Waals surface area (Å²) in [5.74, 6) is 2.22. The lowest BCUT2D eigenvalue weighted by atomic mass is 9.92. The molecule has 0 spiro atoms. The molecule has 1 heterocycles. The molecule has 0 bridgehead atoms. The van der Waals surface area contributed by atoms with Gasteiger partial charge in [0.1, 0.15) is 5.60 Å². The van der Waals surface area contributed by atoms with Crippen LogP contribution >= 0.6 is 0 Å². The number of amides is 1. The number of rotatable bonds is 4. The van der Waals surface area contributed by atoms with Crippen LogP contribution in [-0.2, 0) is 14.3 Å². The Labute approximate surface area is 128 Å². The van der Waals surface area contributed by atoms with Crippen molar-refractivity contribution in [2.24, 2.45) is 5.92 Å². The first kappa shape index (κ1) is 17.6. The van der Waals surface area contributed by atoms with E-state index in [2.05, 4.69) is 5.92 Å². The summed E-state index contributed by atoms with van der Waals surface area (Å²) in [6.07, 6.45) is 8.60. The van der Waals surface area contributed by atoms with E-state index in [0.717, 1.165) is 12.8 Å². The second-order valence-corrected chi connectivity index (χ2v) is 6.76. The fourth-order valence-corrected chi connectivity index (χ4v) is 2.52. The van der Waals surface area contributed by atoms with Crippen LogP contribution in [0.25, 0.3) is 0 Å². The number of ether oxygens (including phenoxy) is 1. The monoisotopic (exact) mass is 293 g/mol. The van der Waals surface area contributed by atoms with Crippen LogP contribution in [0.5, 0.6) is 0 Å². The molecule has 4 heteroatoms. The Morgan fingerprint density at radius 3 is 2.57 bits per heavy atom. The maximum absolute atomic E-state index is 12.2. The molecule has 0 radical (unpaired) electrons. The van der Waals surface area contributed by atoms with Crippen molar-refractivity contribution in [3.63, 3.8) is 0 Å². The van der Waals surface area contributed by atoms with E-state index in [1.807, 2.05) is 32.6 Å². The van der Waals surface area contributed by atoms with E-state index in [4.69, 9.17) is 11.2 Å². The van der Waals surface area contributed by atoms with Gasteiger partial charge in [-0.2, -0.15) is 0 Å². The van der Waals surface area contributed by atoms with E-state index in [0.29, 0.717) is 25.8 Å². The summed E-state index contributed by atoms with van der Waals surface area (Å²) in [6.45, 7) is 8.08. The molecule has 0 aromatic carbocycles. The van der Waals surface area contributed by atoms with Crippen molar-refractivity contribution in [3.8, 4) is 12.3 Å². The Hall–Kier alpha value is -1.50. The van der Waals surface area contributed by atoms with E-state index in [1.54, 1.807) is 0 Å². The zero-order valence-electron chi connectivity index (χ0n) is 13.6. The van der Waals surface area contributed by atoms with Crippen molar-refractivity contribution in [2.45, 2.75) is 71.4 Å². The molecule has 1 aliphatic heterocycles. The standard InChI is InChI=1S/C17H27NO3/c1-6-7-8-9-15(19)18-12-14(11-10-13(18)2)16(20)21-17(3,4)5/h1,13-14H,7-12H2,2-5H3/t13-,14-/m1/s1. The number of hydrogen-bond acceptors (Lipinski definition) is 3. The number of likely N-dealkylation sites (tertiary alicyclic amines) is 1. The molecule has 118 valence electrons. The van der Waals surface area contributed by atoms with Crippen LogP contribution < -0.4 is 0 Å². The largest absolute Gasteiger partial charge is 0.460 e. The first-order valence-corrected chi connectivity index (χ1v) is 7.70. The van der Waals surface area contributed by atoms with Crippen molar-refractivity contribution in [1.29, 1.82) is 0 Å². The number of carbonyl (C=O) groups excluding carboxylic acids is 2. The van der Waals surface area contributed by atoms with Crippen molar-refractivity contribution in [2.75, 3.05) is 6.54 Å². The number of esters is 1. The second kappa shape index (κ2) is 7.49. The second-order valence-electron chi connectivity index (χ2n) is 6.76. The number of piperidine rings is 1. The van der Waals surface area contributed by atoms with E-state index in [9.17, 15) is 9.59 Å². The van der Waals surface area contributed by atoms with Crippen LogP contribution in [0.1, 0.15) is 59.8 Å². The molecule has 0 aromatic rings. The van der Waals surface area contributed by atoms with Gasteiger partial charge in [-0.05, 0) is 47.0 Å². The van der Waals surface area contributed by atoms with Crippen LogP contribution in [0.3, 0.4) is 0 Å². The summed E-state index contributed by atoms with van der Waals surface area (Å²) < 4.78 is 5.44. The van der Waals surface area contributed by atoms with Crippen molar-refractivity contribution < 1.29 is 14.3 Å². The molecule has 4 nitrogen and oxygen atoms in total. The molecule has 1 aliphatic rings. The van der Waals surface area contributed by atoms with Gasteiger partial charge in [0.2, 0.25) is 5.91 Å². The summed E-state index contributed by atoms with van der Waals surface area (Å²) >= 11 is 0. The minimum Gasteiger partial charge on any atom is -0.460 e. The van der Waals surface area contributed by atoms with Gasteiger partial charge in [0.25, 0.3) is 0 Å². The maximum atomic E-state index is 12.2. The van der Waals surface area contributed by atoms with E-state index in [1.165, 1.54) is 0 Å². The molecule has 21 heavy (non-hydrogen) atoms. The number of terminal acetylenes is 1. The average molecular weight is 293 g/mol. The molecule has 0 unspecified atom stereocenters. The Morgan fingerprint density at radius 1 is 1.33 bits per heavy atom. The third-order valence-electron chi connectivity index (χ3n) is 3.65. The van der Waals surface area contributed by atoms with Gasteiger partial charge < -0.3 is 9.64 Å². The average Bonchev–Trinajstić information content (AvgIpc) is 2.37. The van der Waals surface area contributed by atoms with Crippen LogP contribution in [-0.4, -0.2) is 35.0 Å². The van der Waals surface area contributed by atoms with Crippen molar-refractivity contribution in [1.82, 2.24) is 4.90 Å². The fourth-order valence-electron chi connectivity index (χ4n) is 2.52. The number of hydrogen-bond donors (Lipinski definition) is 0. The first-order chi connectivity index (χ1) is 9.74. The lowest BCUT2D eigenvalue weighted by Crippen LogP contribution is -2.48. The zero-order valence-corrected chi connectivity index (χ0v) is 13.6. The van der Waals surface area contributed by atoms with Crippen molar-refractivity contribution >= 4 is 11.9 Å². The van der Waals surface area contributed by atoms with Crippen molar-refractivity contribution in [3.05, 3.63) is 0 Å². The first-order valence-electron chi connectivity index (χ1n) is 7.70. The van der Waals surface area contributed by atoms with Crippen LogP contribution in [0.15, 0.2) is 0 Å². The minimum absolute atomic E-state index is 0.0889. The smallest absolute Gasteiger partial charge is 0.311 e. The highest BCUT2D eigenvalue weighted by atomic mass is 16.6. The van der Waals surface area contributed by atoms with Gasteiger partial charge in [-0.25, -0.2) is 0 Å². The van der Waals surface area contributed by atoms with Gasteiger partial charge in [-0.3, -0.25) is 9.59 Å². The van der Waals surface area contributed by atoms with Gasteiger partial charge in [-0.1, -0.05) is 0 Å². The molecule has 1 amide bonds. The Bertz CT molecular complexity index is 417. The molecule has 0 aromatic heterocycles. The predicted molar refractivity (Wildman–Crippen MR) is 82.4 cm³/mol. The molecule has 0 aliphatic carbocycles. The van der Waals surface area contributed by atoms with Crippen LogP contribution in [0.2, 0.25) is 0 Å². The topological polar surface area (TPSA) is 46.6 Å². The lowest BCUT2D eigenvalue weighted by Gasteiger charge is -2.38. The minimum atomic E-state index is -0.484. The third-order valence-corrected chi connectivity index (χ3v) is 3.65. The third kappa shape index (κ3) is 5.79. The maximum Gasteiger partial charge on any atom is 0.311 e. The summed E-state index contributed by atoms with van der Waals surface area (Å²) in [6, 6.07) is 0.182. The summed E-state index contributed by atoms with van der Waals surface area (Å²) in [7, 11) is 0. The van der Waals surface area contributed by atoms with Gasteiger partial charge in [0.05, 0.1) is 5.92 Å². The summed E-state index contributed by atoms with van der Waals surface area (Å²) in [5.41, 5.74) is -0.484. The normalized spacial score (nSPS) is 22.5. The van der Waals surface area contributed by atoms with Gasteiger partial charge in [-0.15, -0.1) is 12.3 Å². The highest BCUT2D eigenvalue weighted by molar-refractivity contribution is 5.79. The number of unbranched alkanes of at least 4 members (excludes halogenated alkanes) is 1. The van der Waals surface area contributed by atoms with Crippen LogP contribution in [0, 0.1) is 18.3 Å². The van der Waals surface area contributed by atoms with E-state index < -0.39 is 5.60 Å². The zero-order chi connectivity index (χ0) is 16.0. The Kier molecular flexibility index (Phi) is 6.26. The molecule has 0 saturated carbocycles. The summed E-state index contributed by atoms with van der Waals surface area (Å²) in [5, 5.41) is 0. The highest BCUT2D eigenvalue weighted by Gasteiger charge is 2.34. The molecule has 1 rings (SSSR count). The molecular formula is C17H27NO3. The molecule has 1 fully saturated rings. The number of carbonyl (C=O) groups is 2. The fraction of sp³-hybridized carbons (Fsp3) is 0.765. The SMILES string of the molecule is C#CCCCC(=O)N1C[C@H](C(=O)OC(C)(C)C)CC[C@H]1C. The van der Waals surface area contributed by atoms with Crippen LogP contribution in [0.4, 0.5) is 0 Å². The van der Waals surface area contributed by atoms with Gasteiger partial charge >= 0.3 is 5.97 Å². The summed E-state index contributed by atoms with van der Waals surface area (Å²) in [4.78, 5) is 26.2. The number of nitrogens with zero attached hydrogens (tertiary/aromatic N) is 1. The highest BCUT2D eigenvalue weighted by Crippen LogP contribution is 2.25. The quantitative estimate of drug-likeness (QED) is 0.455. The molecule has 0 N–H and O–H groups in total. The Balaban J connectivity index is 2.59. The molecular weight excluding hydrogens is 266 g/mol. The molecule has 1 saturated heterocycles. The van der Waals surface area contributed by atoms with E-state index >= 15 is 0 Å². The lowest BCUT2D eigenvalue weighted by molar-refractivity contribution is -0.163.